The monoisotopic (exact) mass is 517 g/mol. The molecule has 2 aliphatic heterocycles. The molecule has 12 heteroatoms. The fraction of sp³-hybridized carbons (Fsp3) is 0.333. The highest BCUT2D eigenvalue weighted by Gasteiger charge is 2.34. The molecule has 0 saturated heterocycles. The number of rotatable bonds is 4. The predicted octanol–water partition coefficient (Wildman–Crippen LogP) is 5.17. The number of nitrogens with one attached hydrogen (secondary N) is 1. The first-order chi connectivity index (χ1) is 17.2. The highest BCUT2D eigenvalue weighted by atomic mass is 35.5. The van der Waals surface area contributed by atoms with Gasteiger partial charge < -0.3 is 15.1 Å². The van der Waals surface area contributed by atoms with Crippen molar-refractivity contribution in [2.75, 3.05) is 35.3 Å². The van der Waals surface area contributed by atoms with Crippen LogP contribution in [0, 0.1) is 5.82 Å². The van der Waals surface area contributed by atoms with Gasteiger partial charge in [0, 0.05) is 37.5 Å². The summed E-state index contributed by atoms with van der Waals surface area (Å²) >= 11 is 6.15. The Balaban J connectivity index is 1.39. The lowest BCUT2D eigenvalue weighted by Crippen LogP contribution is -2.47. The van der Waals surface area contributed by atoms with Crippen LogP contribution in [-0.2, 0) is 13.1 Å². The quantitative estimate of drug-likeness (QED) is 0.481. The van der Waals surface area contributed by atoms with Crippen LogP contribution in [0.3, 0.4) is 0 Å². The summed E-state index contributed by atoms with van der Waals surface area (Å²) in [4.78, 5) is 31.8. The topological polar surface area (TPSA) is 77.5 Å². The van der Waals surface area contributed by atoms with Crippen LogP contribution in [-0.4, -0.2) is 46.0 Å². The zero-order valence-electron chi connectivity index (χ0n) is 19.6. The van der Waals surface area contributed by atoms with Crippen molar-refractivity contribution in [3.05, 3.63) is 70.0 Å². The second-order valence-corrected chi connectivity index (χ2v) is 9.08. The fourth-order valence-corrected chi connectivity index (χ4v) is 4.76. The summed E-state index contributed by atoms with van der Waals surface area (Å²) < 4.78 is 41.0. The van der Waals surface area contributed by atoms with Crippen LogP contribution in [0.2, 0.25) is 5.28 Å². The molecular weight excluding hydrogens is 495 g/mol. The number of benzene rings is 1. The van der Waals surface area contributed by atoms with Crippen LogP contribution in [0.5, 0.6) is 0 Å². The molecule has 2 aliphatic rings. The molecule has 0 bridgehead atoms. The molecule has 0 radical (unpaired) electrons. The zero-order valence-corrected chi connectivity index (χ0v) is 20.3. The summed E-state index contributed by atoms with van der Waals surface area (Å²) in [6.07, 6.45) is -1.24. The Morgan fingerprint density at radius 2 is 1.89 bits per heavy atom. The van der Waals surface area contributed by atoms with Gasteiger partial charge in [-0.15, -0.1) is 0 Å². The van der Waals surface area contributed by atoms with E-state index >= 15 is 0 Å². The minimum Gasteiger partial charge on any atom is -0.363 e. The number of hydrogen-bond acceptors (Lipinski definition) is 6. The number of halogens is 4. The molecule has 188 valence electrons. The van der Waals surface area contributed by atoms with Crippen LogP contribution in [0.1, 0.15) is 41.8 Å². The maximum Gasteiger partial charge on any atom is 0.325 e. The molecule has 1 aromatic carbocycles. The zero-order chi connectivity index (χ0) is 25.6. The number of aromatic nitrogens is 3. The van der Waals surface area contributed by atoms with Gasteiger partial charge in [0.2, 0.25) is 5.28 Å². The number of alkyl halides is 2. The molecule has 1 atom stereocenters. The van der Waals surface area contributed by atoms with Crippen LogP contribution in [0.25, 0.3) is 0 Å². The van der Waals surface area contributed by atoms with Crippen molar-refractivity contribution in [1.29, 1.82) is 0 Å². The molecular formula is C24H23ClF3N7O. The molecule has 2 amide bonds. The third-order valence-corrected chi connectivity index (χ3v) is 6.62. The molecule has 4 heterocycles. The van der Waals surface area contributed by atoms with Gasteiger partial charge in [-0.05, 0) is 30.7 Å². The van der Waals surface area contributed by atoms with Gasteiger partial charge in [-0.2, -0.15) is 0 Å². The maximum atomic E-state index is 14.7. The van der Waals surface area contributed by atoms with E-state index in [1.54, 1.807) is 29.0 Å². The van der Waals surface area contributed by atoms with E-state index in [4.69, 9.17) is 11.6 Å². The van der Waals surface area contributed by atoms with Gasteiger partial charge in [0.05, 0.1) is 36.1 Å². The molecule has 0 spiro atoms. The molecule has 0 aliphatic carbocycles. The van der Waals surface area contributed by atoms with Crippen molar-refractivity contribution < 1.29 is 18.0 Å². The Bertz CT molecular complexity index is 1320. The molecule has 8 nitrogen and oxygen atoms in total. The van der Waals surface area contributed by atoms with Gasteiger partial charge in [0.25, 0.3) is 6.43 Å². The lowest BCUT2D eigenvalue weighted by Gasteiger charge is -2.36. The van der Waals surface area contributed by atoms with Crippen molar-refractivity contribution in [3.8, 4) is 0 Å². The third kappa shape index (κ3) is 4.27. The summed E-state index contributed by atoms with van der Waals surface area (Å²) in [6, 6.07) is 6.63. The molecule has 0 fully saturated rings. The van der Waals surface area contributed by atoms with E-state index in [-0.39, 0.29) is 30.0 Å². The fourth-order valence-electron chi connectivity index (χ4n) is 4.57. The Morgan fingerprint density at radius 1 is 1.11 bits per heavy atom. The Labute approximate surface area is 210 Å². The van der Waals surface area contributed by atoms with Crippen LogP contribution >= 0.6 is 11.6 Å². The summed E-state index contributed by atoms with van der Waals surface area (Å²) in [7, 11) is 1.93. The molecule has 0 unspecified atom stereocenters. The third-order valence-electron chi connectivity index (χ3n) is 6.45. The Kier molecular flexibility index (Phi) is 6.33. The van der Waals surface area contributed by atoms with Gasteiger partial charge in [0.15, 0.2) is 5.82 Å². The summed E-state index contributed by atoms with van der Waals surface area (Å²) in [5.74, 6) is 0.0828. The number of hydrogen-bond donors (Lipinski definition) is 1. The predicted molar refractivity (Wildman–Crippen MR) is 130 cm³/mol. The van der Waals surface area contributed by atoms with Crippen LogP contribution < -0.4 is 15.1 Å². The van der Waals surface area contributed by atoms with E-state index in [2.05, 4.69) is 20.3 Å². The molecule has 36 heavy (non-hydrogen) atoms. The SMILES string of the molecule is C[C@@H](Nc1nc(Cl)nc2c1CN(C(=O)N1CCN(C)c3ncccc31)C2)c1cccc(C(F)F)c1F. The van der Waals surface area contributed by atoms with Crippen LogP contribution in [0.15, 0.2) is 36.5 Å². The normalized spacial score (nSPS) is 15.7. The first kappa shape index (κ1) is 24.1. The average molecular weight is 518 g/mol. The largest absolute Gasteiger partial charge is 0.363 e. The minimum absolute atomic E-state index is 0.0336. The minimum atomic E-state index is -2.93. The number of nitrogens with zero attached hydrogens (tertiary/aromatic N) is 6. The number of carbonyl (C=O) groups excluding carboxylic acids is 1. The smallest absolute Gasteiger partial charge is 0.325 e. The summed E-state index contributed by atoms with van der Waals surface area (Å²) in [5.41, 5.74) is 1.35. The molecule has 1 N–H and O–H groups in total. The van der Waals surface area contributed by atoms with Crippen molar-refractivity contribution >= 4 is 35.0 Å². The average Bonchev–Trinajstić information content (AvgIpc) is 3.28. The highest BCUT2D eigenvalue weighted by molar-refractivity contribution is 6.28. The lowest BCUT2D eigenvalue weighted by molar-refractivity contribution is 0.146. The van der Waals surface area contributed by atoms with E-state index in [1.807, 2.05) is 18.0 Å². The van der Waals surface area contributed by atoms with Crippen molar-refractivity contribution in [3.63, 3.8) is 0 Å². The van der Waals surface area contributed by atoms with Crippen molar-refractivity contribution in [1.82, 2.24) is 19.9 Å². The van der Waals surface area contributed by atoms with Gasteiger partial charge in [0.1, 0.15) is 11.6 Å². The maximum absolute atomic E-state index is 14.7. The number of urea groups is 1. The number of likely N-dealkylation sites (N-methyl/N-ethyl adjacent to an activating group) is 1. The van der Waals surface area contributed by atoms with Gasteiger partial charge in [-0.1, -0.05) is 18.2 Å². The van der Waals surface area contributed by atoms with E-state index in [9.17, 15) is 18.0 Å². The van der Waals surface area contributed by atoms with Gasteiger partial charge >= 0.3 is 6.03 Å². The molecule has 5 rings (SSSR count). The summed E-state index contributed by atoms with van der Waals surface area (Å²) in [6.45, 7) is 3.20. The number of amides is 2. The molecule has 0 saturated carbocycles. The second kappa shape index (κ2) is 9.45. The molecule has 3 aromatic rings. The van der Waals surface area contributed by atoms with Crippen molar-refractivity contribution in [2.45, 2.75) is 32.5 Å². The number of pyridine rings is 1. The van der Waals surface area contributed by atoms with E-state index in [0.29, 0.717) is 30.2 Å². The standard InChI is InChI=1S/C24H23ClF3N7O/c1-13(14-5-3-6-15(19(14)26)20(27)28)30-21-16-11-34(12-17(16)31-23(25)32-21)24(36)35-10-9-33(2)22-18(35)7-4-8-29-22/h3-8,13,20H,9-12H2,1-2H3,(H,30,31,32)/t13-/m1/s1. The number of anilines is 3. The van der Waals surface area contributed by atoms with E-state index < -0.39 is 23.8 Å². The number of carbonyl (C=O) groups is 1. The van der Waals surface area contributed by atoms with Crippen LogP contribution in [0.4, 0.5) is 35.3 Å². The lowest BCUT2D eigenvalue weighted by atomic mass is 10.0. The Morgan fingerprint density at radius 3 is 2.67 bits per heavy atom. The number of fused-ring (bicyclic) bond motifs is 2. The van der Waals surface area contributed by atoms with Gasteiger partial charge in [-0.25, -0.2) is 32.9 Å². The first-order valence-corrected chi connectivity index (χ1v) is 11.7. The molecule has 2 aromatic heterocycles. The first-order valence-electron chi connectivity index (χ1n) is 11.4. The van der Waals surface area contributed by atoms with E-state index in [0.717, 1.165) is 17.6 Å². The van der Waals surface area contributed by atoms with Gasteiger partial charge in [-0.3, -0.25) is 4.90 Å². The second-order valence-electron chi connectivity index (χ2n) is 8.74. The van der Waals surface area contributed by atoms with Crippen molar-refractivity contribution in [2.24, 2.45) is 0 Å². The Hall–Kier alpha value is -3.60. The summed E-state index contributed by atoms with van der Waals surface area (Å²) in [5, 5.41) is 3.04. The highest BCUT2D eigenvalue weighted by Crippen LogP contribution is 2.35. The van der Waals surface area contributed by atoms with E-state index in [1.165, 1.54) is 12.1 Å².